The molecule has 1 unspecified atom stereocenters. The van der Waals surface area contributed by atoms with Crippen molar-refractivity contribution in [1.29, 1.82) is 0 Å². The van der Waals surface area contributed by atoms with Crippen molar-refractivity contribution < 1.29 is 14.7 Å². The lowest BCUT2D eigenvalue weighted by atomic mass is 9.90. The molecule has 1 atom stereocenters. The topological polar surface area (TPSA) is 95.9 Å². The second kappa shape index (κ2) is 3.71. The molecule has 20 heavy (non-hydrogen) atoms. The summed E-state index contributed by atoms with van der Waals surface area (Å²) in [6.45, 7) is 0. The van der Waals surface area contributed by atoms with Crippen LogP contribution in [0.25, 0.3) is 21.8 Å². The van der Waals surface area contributed by atoms with Gasteiger partial charge in [-0.2, -0.15) is 5.10 Å². The standard InChI is InChI=1S/C14H9N3O3/c18-11-4-12(19)14(20)7-3-6-8-5-15-17-10(8)2-1-9(6)16-13(7)11/h1-3,5,14,20H,4H2,(H,15,17). The molecule has 0 amide bonds. The zero-order valence-corrected chi connectivity index (χ0v) is 10.3. The smallest absolute Gasteiger partial charge is 0.189 e. The minimum atomic E-state index is -1.28. The van der Waals surface area contributed by atoms with Crippen molar-refractivity contribution in [2.24, 2.45) is 0 Å². The van der Waals surface area contributed by atoms with Crippen LogP contribution in [0.2, 0.25) is 0 Å². The third-order valence-corrected chi connectivity index (χ3v) is 3.65. The Morgan fingerprint density at radius 3 is 2.95 bits per heavy atom. The van der Waals surface area contributed by atoms with Crippen molar-refractivity contribution >= 4 is 33.4 Å². The van der Waals surface area contributed by atoms with Gasteiger partial charge in [0, 0.05) is 16.3 Å². The number of aliphatic hydroxyl groups is 1. The number of aromatic amines is 1. The SMILES string of the molecule is O=C1CC(=O)C(O)c2cc3c(ccc4[nH]ncc43)nc21. The first-order chi connectivity index (χ1) is 9.65. The number of hydrogen-bond acceptors (Lipinski definition) is 5. The first kappa shape index (κ1) is 11.2. The number of nitrogens with one attached hydrogen (secondary N) is 1. The van der Waals surface area contributed by atoms with Crippen molar-refractivity contribution in [2.45, 2.75) is 12.5 Å². The molecule has 0 saturated heterocycles. The lowest BCUT2D eigenvalue weighted by Crippen LogP contribution is -2.26. The fourth-order valence-corrected chi connectivity index (χ4v) is 2.63. The molecule has 6 nitrogen and oxygen atoms in total. The summed E-state index contributed by atoms with van der Waals surface area (Å²) < 4.78 is 0. The molecule has 1 aliphatic carbocycles. The van der Waals surface area contributed by atoms with E-state index in [1.165, 1.54) is 0 Å². The number of nitrogens with zero attached hydrogens (tertiary/aromatic N) is 2. The number of aliphatic hydroxyl groups excluding tert-OH is 1. The minimum Gasteiger partial charge on any atom is -0.380 e. The maximum atomic E-state index is 11.9. The number of carbonyl (C=O) groups is 2. The number of pyridine rings is 1. The monoisotopic (exact) mass is 267 g/mol. The van der Waals surface area contributed by atoms with Gasteiger partial charge >= 0.3 is 0 Å². The third kappa shape index (κ3) is 1.36. The first-order valence-electron chi connectivity index (χ1n) is 6.16. The Kier molecular flexibility index (Phi) is 2.08. The maximum absolute atomic E-state index is 11.9. The lowest BCUT2D eigenvalue weighted by molar-refractivity contribution is -0.126. The second-order valence-electron chi connectivity index (χ2n) is 4.86. The number of aromatic nitrogens is 3. The number of carbonyl (C=O) groups excluding carboxylic acids is 2. The summed E-state index contributed by atoms with van der Waals surface area (Å²) in [7, 11) is 0. The van der Waals surface area contributed by atoms with Gasteiger partial charge in [0.05, 0.1) is 23.7 Å². The van der Waals surface area contributed by atoms with E-state index in [9.17, 15) is 14.7 Å². The largest absolute Gasteiger partial charge is 0.380 e. The van der Waals surface area contributed by atoms with E-state index < -0.39 is 11.9 Å². The average molecular weight is 267 g/mol. The van der Waals surface area contributed by atoms with Gasteiger partial charge in [0.2, 0.25) is 0 Å². The minimum absolute atomic E-state index is 0.187. The third-order valence-electron chi connectivity index (χ3n) is 3.65. The van der Waals surface area contributed by atoms with Crippen molar-refractivity contribution in [3.8, 4) is 0 Å². The molecule has 0 aliphatic heterocycles. The molecule has 1 aromatic carbocycles. The van der Waals surface area contributed by atoms with E-state index in [4.69, 9.17) is 0 Å². The Morgan fingerprint density at radius 2 is 2.10 bits per heavy atom. The number of H-pyrrole nitrogens is 1. The molecular formula is C14H9N3O3. The highest BCUT2D eigenvalue weighted by molar-refractivity contribution is 6.15. The summed E-state index contributed by atoms with van der Waals surface area (Å²) >= 11 is 0. The Morgan fingerprint density at radius 1 is 1.25 bits per heavy atom. The lowest BCUT2D eigenvalue weighted by Gasteiger charge is -2.19. The van der Waals surface area contributed by atoms with Gasteiger partial charge in [0.15, 0.2) is 11.6 Å². The molecule has 0 fully saturated rings. The van der Waals surface area contributed by atoms with Crippen LogP contribution in [-0.4, -0.2) is 31.9 Å². The zero-order valence-electron chi connectivity index (χ0n) is 10.3. The first-order valence-corrected chi connectivity index (χ1v) is 6.16. The molecule has 0 saturated carbocycles. The number of hydrogen-bond donors (Lipinski definition) is 2. The molecule has 2 heterocycles. The average Bonchev–Trinajstić information content (AvgIpc) is 2.92. The fraction of sp³-hybridized carbons (Fsp3) is 0.143. The molecule has 1 aliphatic rings. The van der Waals surface area contributed by atoms with E-state index in [1.807, 2.05) is 6.07 Å². The van der Waals surface area contributed by atoms with Gasteiger partial charge in [-0.15, -0.1) is 0 Å². The van der Waals surface area contributed by atoms with Gasteiger partial charge in [0.25, 0.3) is 0 Å². The van der Waals surface area contributed by atoms with Gasteiger partial charge < -0.3 is 5.11 Å². The number of benzene rings is 1. The van der Waals surface area contributed by atoms with Gasteiger partial charge in [-0.05, 0) is 18.2 Å². The van der Waals surface area contributed by atoms with E-state index in [2.05, 4.69) is 15.2 Å². The summed E-state index contributed by atoms with van der Waals surface area (Å²) in [5.41, 5.74) is 1.95. The van der Waals surface area contributed by atoms with Crippen molar-refractivity contribution in [2.75, 3.05) is 0 Å². The van der Waals surface area contributed by atoms with Crippen molar-refractivity contribution in [3.05, 3.63) is 35.7 Å². The normalized spacial score (nSPS) is 18.8. The van der Waals surface area contributed by atoms with E-state index in [1.54, 1.807) is 18.3 Å². The molecule has 4 rings (SSSR count). The fourth-order valence-electron chi connectivity index (χ4n) is 2.63. The van der Waals surface area contributed by atoms with E-state index in [-0.39, 0.29) is 23.5 Å². The number of rotatable bonds is 0. The van der Waals surface area contributed by atoms with Crippen LogP contribution < -0.4 is 0 Å². The summed E-state index contributed by atoms with van der Waals surface area (Å²) in [5, 5.41) is 18.4. The van der Waals surface area contributed by atoms with Crippen LogP contribution in [-0.2, 0) is 4.79 Å². The quantitative estimate of drug-likeness (QED) is 0.598. The Balaban J connectivity index is 2.13. The predicted octanol–water partition coefficient (Wildman–Crippen LogP) is 1.30. The van der Waals surface area contributed by atoms with Gasteiger partial charge in [-0.25, -0.2) is 4.98 Å². The van der Waals surface area contributed by atoms with Crippen molar-refractivity contribution in [1.82, 2.24) is 15.2 Å². The summed E-state index contributed by atoms with van der Waals surface area (Å²) in [5.74, 6) is -0.826. The van der Waals surface area contributed by atoms with E-state index >= 15 is 0 Å². The Labute approximate surface area is 112 Å². The molecule has 98 valence electrons. The van der Waals surface area contributed by atoms with Crippen LogP contribution in [0, 0.1) is 0 Å². The number of Topliss-reactive ketones (excluding diaryl/α,β-unsaturated/α-hetero) is 2. The molecule has 0 bridgehead atoms. The van der Waals surface area contributed by atoms with Crippen LogP contribution in [0.3, 0.4) is 0 Å². The molecule has 6 heteroatoms. The molecule has 0 radical (unpaired) electrons. The predicted molar refractivity (Wildman–Crippen MR) is 70.3 cm³/mol. The van der Waals surface area contributed by atoms with Crippen LogP contribution >= 0.6 is 0 Å². The van der Waals surface area contributed by atoms with E-state index in [0.29, 0.717) is 5.52 Å². The Hall–Kier alpha value is -2.60. The highest BCUT2D eigenvalue weighted by atomic mass is 16.3. The summed E-state index contributed by atoms with van der Waals surface area (Å²) in [4.78, 5) is 27.8. The van der Waals surface area contributed by atoms with E-state index in [0.717, 1.165) is 16.3 Å². The Bertz CT molecular complexity index is 897. The maximum Gasteiger partial charge on any atom is 0.189 e. The van der Waals surface area contributed by atoms with Crippen LogP contribution in [0.15, 0.2) is 24.4 Å². The highest BCUT2D eigenvalue weighted by Crippen LogP contribution is 2.31. The van der Waals surface area contributed by atoms with Crippen LogP contribution in [0.5, 0.6) is 0 Å². The second-order valence-corrected chi connectivity index (χ2v) is 4.86. The zero-order chi connectivity index (χ0) is 13.9. The molecule has 0 spiro atoms. The number of ketones is 2. The summed E-state index contributed by atoms with van der Waals surface area (Å²) in [6.07, 6.45) is 0.0901. The molecule has 2 N–H and O–H groups in total. The molecular weight excluding hydrogens is 258 g/mol. The highest BCUT2D eigenvalue weighted by Gasteiger charge is 2.32. The number of fused-ring (bicyclic) bond motifs is 4. The summed E-state index contributed by atoms with van der Waals surface area (Å²) in [6, 6.07) is 5.28. The van der Waals surface area contributed by atoms with Gasteiger partial charge in [-0.3, -0.25) is 14.7 Å². The van der Waals surface area contributed by atoms with Crippen LogP contribution in [0.4, 0.5) is 0 Å². The molecule has 3 aromatic rings. The van der Waals surface area contributed by atoms with Gasteiger partial charge in [0.1, 0.15) is 11.8 Å². The van der Waals surface area contributed by atoms with Crippen molar-refractivity contribution in [3.63, 3.8) is 0 Å². The van der Waals surface area contributed by atoms with Crippen LogP contribution in [0.1, 0.15) is 28.6 Å². The van der Waals surface area contributed by atoms with Gasteiger partial charge in [-0.1, -0.05) is 0 Å². The molecule has 2 aromatic heterocycles.